The average Bonchev–Trinajstić information content (AvgIpc) is 2.20. The normalized spacial score (nSPS) is 17.8. The van der Waals surface area contributed by atoms with E-state index in [0.717, 1.165) is 13.1 Å². The van der Waals surface area contributed by atoms with E-state index < -0.39 is 0 Å². The van der Waals surface area contributed by atoms with Crippen molar-refractivity contribution >= 4 is 0 Å². The minimum atomic E-state index is 0.250. The molecule has 1 aliphatic heterocycles. The van der Waals surface area contributed by atoms with Crippen LogP contribution in [0.25, 0.3) is 0 Å². The van der Waals surface area contributed by atoms with E-state index in [1.165, 1.54) is 32.2 Å². The van der Waals surface area contributed by atoms with E-state index in [1.54, 1.807) is 0 Å². The van der Waals surface area contributed by atoms with Crippen LogP contribution in [0.1, 0.15) is 32.6 Å². The first-order chi connectivity index (χ1) is 6.70. The second-order valence-corrected chi connectivity index (χ2v) is 4.12. The number of likely N-dealkylation sites (tertiary alicyclic amines) is 1. The molecule has 1 aliphatic rings. The Balaban J connectivity index is 0.000000255. The van der Waals surface area contributed by atoms with Crippen LogP contribution in [-0.2, 0) is 0 Å². The predicted molar refractivity (Wildman–Crippen MR) is 61.4 cm³/mol. The largest absolute Gasteiger partial charge is 0.381 e. The monoisotopic (exact) mass is 202 g/mol. The Morgan fingerprint density at radius 1 is 1.14 bits per heavy atom. The Hall–Kier alpha value is -0.120. The third-order valence-corrected chi connectivity index (χ3v) is 2.32. The fourth-order valence-corrected chi connectivity index (χ4v) is 1.55. The van der Waals surface area contributed by atoms with Gasteiger partial charge in [0.25, 0.3) is 0 Å². The lowest BCUT2D eigenvalue weighted by molar-refractivity contribution is 0.0896. The lowest BCUT2D eigenvalue weighted by Crippen LogP contribution is -2.30. The Kier molecular flexibility index (Phi) is 9.35. The molecule has 1 heterocycles. The number of hydrogen-bond donors (Lipinski definition) is 1. The molecule has 1 N–H and O–H groups in total. The third kappa shape index (κ3) is 8.48. The summed E-state index contributed by atoms with van der Waals surface area (Å²) in [5.74, 6) is 0. The molecule has 0 bridgehead atoms. The number of nitrogens with zero attached hydrogens (tertiary/aromatic N) is 2. The second kappa shape index (κ2) is 9.44. The molecule has 0 saturated carbocycles. The maximum atomic E-state index is 8.62. The minimum Gasteiger partial charge on any atom is -0.381 e. The van der Waals surface area contributed by atoms with Gasteiger partial charge in [-0.05, 0) is 39.9 Å². The summed E-state index contributed by atoms with van der Waals surface area (Å²) in [6, 6.07) is 0. The van der Waals surface area contributed by atoms with E-state index in [0.29, 0.717) is 0 Å². The maximum absolute atomic E-state index is 8.62. The summed E-state index contributed by atoms with van der Waals surface area (Å²) in [6.07, 6.45) is 5.13. The zero-order valence-electron chi connectivity index (χ0n) is 10.00. The summed E-state index contributed by atoms with van der Waals surface area (Å²) >= 11 is 0. The van der Waals surface area contributed by atoms with Gasteiger partial charge in [-0.25, -0.2) is 0 Å². The first-order valence-electron chi connectivity index (χ1n) is 5.68. The van der Waals surface area contributed by atoms with Crippen molar-refractivity contribution in [3.05, 3.63) is 0 Å². The summed E-state index contributed by atoms with van der Waals surface area (Å²) < 4.78 is 0. The van der Waals surface area contributed by atoms with Crippen molar-refractivity contribution in [2.45, 2.75) is 32.6 Å². The van der Waals surface area contributed by atoms with E-state index in [4.69, 9.17) is 5.11 Å². The molecule has 14 heavy (non-hydrogen) atoms. The fourth-order valence-electron chi connectivity index (χ4n) is 1.55. The Morgan fingerprint density at radius 3 is 1.93 bits per heavy atom. The van der Waals surface area contributed by atoms with Crippen LogP contribution in [0, 0.1) is 0 Å². The Bertz CT molecular complexity index is 112. The highest BCUT2D eigenvalue weighted by atomic mass is 16.3. The van der Waals surface area contributed by atoms with Gasteiger partial charge in [-0.15, -0.1) is 0 Å². The average molecular weight is 202 g/mol. The molecule has 1 fully saturated rings. The number of rotatable bonds is 3. The van der Waals surface area contributed by atoms with Gasteiger partial charge in [-0.1, -0.05) is 13.3 Å². The smallest absolute Gasteiger partial charge is 0.0956 e. The van der Waals surface area contributed by atoms with Crippen LogP contribution in [0.3, 0.4) is 0 Å². The summed E-state index contributed by atoms with van der Waals surface area (Å²) in [5.41, 5.74) is 0. The molecule has 0 unspecified atom stereocenters. The number of aliphatic hydroxyl groups excluding tert-OH is 1. The SMILES string of the molecule is CCCN(C)C.OCN1CCCCC1. The molecule has 1 rings (SSSR count). The van der Waals surface area contributed by atoms with Gasteiger partial charge in [0.15, 0.2) is 0 Å². The summed E-state index contributed by atoms with van der Waals surface area (Å²) in [6.45, 7) is 5.83. The van der Waals surface area contributed by atoms with Crippen molar-refractivity contribution < 1.29 is 5.11 Å². The predicted octanol–water partition coefficient (Wildman–Crippen LogP) is 1.38. The number of hydrogen-bond acceptors (Lipinski definition) is 3. The van der Waals surface area contributed by atoms with Gasteiger partial charge in [-0.2, -0.15) is 0 Å². The lowest BCUT2D eigenvalue weighted by Gasteiger charge is -2.23. The molecule has 0 amide bonds. The van der Waals surface area contributed by atoms with Crippen LogP contribution in [0.4, 0.5) is 0 Å². The van der Waals surface area contributed by atoms with Gasteiger partial charge in [0.05, 0.1) is 6.73 Å². The highest BCUT2D eigenvalue weighted by Gasteiger charge is 2.06. The molecule has 3 heteroatoms. The first kappa shape index (κ1) is 13.9. The second-order valence-electron chi connectivity index (χ2n) is 4.12. The van der Waals surface area contributed by atoms with Gasteiger partial charge in [0, 0.05) is 13.1 Å². The van der Waals surface area contributed by atoms with E-state index in [1.807, 2.05) is 0 Å². The van der Waals surface area contributed by atoms with Gasteiger partial charge >= 0.3 is 0 Å². The molecule has 3 nitrogen and oxygen atoms in total. The summed E-state index contributed by atoms with van der Waals surface area (Å²) in [5, 5.41) is 8.62. The van der Waals surface area contributed by atoms with Crippen molar-refractivity contribution in [1.29, 1.82) is 0 Å². The molecule has 0 aromatic heterocycles. The molecular weight excluding hydrogens is 176 g/mol. The molecule has 0 spiro atoms. The zero-order valence-corrected chi connectivity index (χ0v) is 10.00. The van der Waals surface area contributed by atoms with Crippen LogP contribution in [0.2, 0.25) is 0 Å². The van der Waals surface area contributed by atoms with E-state index in [9.17, 15) is 0 Å². The van der Waals surface area contributed by atoms with Gasteiger partial charge < -0.3 is 10.0 Å². The standard InChI is InChI=1S/C6H13NO.C5H13N/c8-6-7-4-2-1-3-5-7;1-4-5-6(2)3/h8H,1-6H2;4-5H2,1-3H3. The molecule has 0 atom stereocenters. The van der Waals surface area contributed by atoms with Crippen LogP contribution in [0.15, 0.2) is 0 Å². The number of aliphatic hydroxyl groups is 1. The topological polar surface area (TPSA) is 26.7 Å². The van der Waals surface area contributed by atoms with Crippen LogP contribution in [0.5, 0.6) is 0 Å². The highest BCUT2D eigenvalue weighted by Crippen LogP contribution is 2.06. The fraction of sp³-hybridized carbons (Fsp3) is 1.00. The van der Waals surface area contributed by atoms with E-state index in [-0.39, 0.29) is 6.73 Å². The molecule has 0 aliphatic carbocycles. The van der Waals surface area contributed by atoms with Crippen molar-refractivity contribution in [1.82, 2.24) is 9.80 Å². The third-order valence-electron chi connectivity index (χ3n) is 2.32. The van der Waals surface area contributed by atoms with Crippen LogP contribution in [-0.4, -0.2) is 55.4 Å². The molecular formula is C11H26N2O. The van der Waals surface area contributed by atoms with Gasteiger partial charge in [-0.3, -0.25) is 4.90 Å². The molecule has 1 saturated heterocycles. The Labute approximate surface area is 88.7 Å². The van der Waals surface area contributed by atoms with Crippen molar-refractivity contribution in [3.63, 3.8) is 0 Å². The van der Waals surface area contributed by atoms with Crippen molar-refractivity contribution in [2.75, 3.05) is 40.5 Å². The minimum absolute atomic E-state index is 0.250. The molecule has 86 valence electrons. The highest BCUT2D eigenvalue weighted by molar-refractivity contribution is 4.59. The Morgan fingerprint density at radius 2 is 1.71 bits per heavy atom. The molecule has 0 aromatic rings. The lowest BCUT2D eigenvalue weighted by atomic mass is 10.1. The van der Waals surface area contributed by atoms with Gasteiger partial charge in [0.1, 0.15) is 0 Å². The van der Waals surface area contributed by atoms with Crippen LogP contribution >= 0.6 is 0 Å². The summed E-state index contributed by atoms with van der Waals surface area (Å²) in [4.78, 5) is 4.25. The van der Waals surface area contributed by atoms with Gasteiger partial charge in [0.2, 0.25) is 0 Å². The van der Waals surface area contributed by atoms with Crippen molar-refractivity contribution in [3.8, 4) is 0 Å². The van der Waals surface area contributed by atoms with E-state index >= 15 is 0 Å². The summed E-state index contributed by atoms with van der Waals surface area (Å²) in [7, 11) is 4.17. The molecule has 0 aromatic carbocycles. The van der Waals surface area contributed by atoms with Crippen molar-refractivity contribution in [2.24, 2.45) is 0 Å². The molecule has 0 radical (unpaired) electrons. The quantitative estimate of drug-likeness (QED) is 0.749. The maximum Gasteiger partial charge on any atom is 0.0956 e. The zero-order chi connectivity index (χ0) is 10.8. The van der Waals surface area contributed by atoms with E-state index in [2.05, 4.69) is 30.8 Å². The number of piperidine rings is 1. The first-order valence-corrected chi connectivity index (χ1v) is 5.68. The van der Waals surface area contributed by atoms with Crippen LogP contribution < -0.4 is 0 Å².